The number of fused-ring (bicyclic) bond motifs is 8. The van der Waals surface area contributed by atoms with Gasteiger partial charge in [0.25, 0.3) is 0 Å². The standard InChI is InChI=1S/C44H52O9/c1-27(2)44(48)53-14-13-52-43-38-21-31(6)22-39(43)26-37-20-30(5)18-35(42(37)51-12-9-47)24-33-16-28(3)15-32(40(33)49-10-7-45)23-34-17-29(4)19-36(25-38)41(34)50-11-8-46/h15-22,45-47H,1,7-14,23-26H2,2-6H3. The zero-order chi connectivity index (χ0) is 38.1. The molecular formula is C44H52O9. The molecule has 9 heteroatoms. The Bertz CT molecular complexity index is 1830. The monoisotopic (exact) mass is 724 g/mol. The summed E-state index contributed by atoms with van der Waals surface area (Å²) in [4.78, 5) is 12.2. The van der Waals surface area contributed by atoms with E-state index in [0.29, 0.717) is 54.3 Å². The molecule has 0 aromatic heterocycles. The Morgan fingerprint density at radius 2 is 0.736 bits per heavy atom. The summed E-state index contributed by atoms with van der Waals surface area (Å²) in [5.74, 6) is 2.30. The van der Waals surface area contributed by atoms with Crippen LogP contribution in [0.1, 0.15) is 73.7 Å². The van der Waals surface area contributed by atoms with E-state index in [9.17, 15) is 20.1 Å². The van der Waals surface area contributed by atoms with Crippen LogP contribution in [0, 0.1) is 27.7 Å². The van der Waals surface area contributed by atoms with Gasteiger partial charge in [0.2, 0.25) is 0 Å². The minimum absolute atomic E-state index is 0.0508. The molecule has 5 rings (SSSR count). The van der Waals surface area contributed by atoms with Crippen LogP contribution in [0.2, 0.25) is 0 Å². The summed E-state index contributed by atoms with van der Waals surface area (Å²) in [6.45, 7) is 13.7. The van der Waals surface area contributed by atoms with Crippen molar-refractivity contribution in [3.05, 3.63) is 127 Å². The van der Waals surface area contributed by atoms with Crippen LogP contribution in [0.25, 0.3) is 0 Å². The van der Waals surface area contributed by atoms with Gasteiger partial charge in [0.05, 0.1) is 19.8 Å². The number of aryl methyl sites for hydroxylation is 4. The molecule has 0 saturated heterocycles. The summed E-state index contributed by atoms with van der Waals surface area (Å²) in [5, 5.41) is 29.6. The lowest BCUT2D eigenvalue weighted by molar-refractivity contribution is -0.139. The van der Waals surface area contributed by atoms with Crippen LogP contribution in [-0.4, -0.2) is 74.1 Å². The van der Waals surface area contributed by atoms with Crippen molar-refractivity contribution in [3.8, 4) is 23.0 Å². The molecule has 0 atom stereocenters. The Kier molecular flexibility index (Phi) is 13.6. The second-order valence-electron chi connectivity index (χ2n) is 13.8. The smallest absolute Gasteiger partial charge is 0.333 e. The topological polar surface area (TPSA) is 124 Å². The number of benzene rings is 4. The van der Waals surface area contributed by atoms with Gasteiger partial charge in [-0.1, -0.05) is 77.4 Å². The van der Waals surface area contributed by atoms with Crippen LogP contribution in [0.4, 0.5) is 0 Å². The number of rotatable bonds is 14. The number of aliphatic hydroxyl groups is 3. The predicted molar refractivity (Wildman–Crippen MR) is 205 cm³/mol. The molecule has 8 bridgehead atoms. The highest BCUT2D eigenvalue weighted by atomic mass is 16.6. The maximum atomic E-state index is 12.2. The van der Waals surface area contributed by atoms with E-state index in [-0.39, 0.29) is 52.9 Å². The molecule has 4 aromatic rings. The number of ether oxygens (including phenoxy) is 5. The Balaban J connectivity index is 1.78. The fourth-order valence-electron chi connectivity index (χ4n) is 7.17. The summed E-state index contributed by atoms with van der Waals surface area (Å²) < 4.78 is 31.0. The fraction of sp³-hybridized carbons (Fsp3) is 0.386. The first-order valence-electron chi connectivity index (χ1n) is 18.2. The molecule has 0 saturated carbocycles. The summed E-state index contributed by atoms with van der Waals surface area (Å²) >= 11 is 0. The van der Waals surface area contributed by atoms with Crippen LogP contribution in [-0.2, 0) is 35.2 Å². The Labute approximate surface area is 312 Å². The maximum Gasteiger partial charge on any atom is 0.333 e. The van der Waals surface area contributed by atoms with Gasteiger partial charge in [-0.3, -0.25) is 0 Å². The number of aliphatic hydroxyl groups excluding tert-OH is 3. The summed E-state index contributed by atoms with van der Waals surface area (Å²) in [6.07, 6.45) is 1.89. The highest BCUT2D eigenvalue weighted by molar-refractivity contribution is 5.86. The molecule has 0 unspecified atom stereocenters. The van der Waals surface area contributed by atoms with Crippen molar-refractivity contribution in [1.29, 1.82) is 0 Å². The highest BCUT2D eigenvalue weighted by Gasteiger charge is 2.23. The summed E-state index contributed by atoms with van der Waals surface area (Å²) in [6, 6.07) is 16.9. The van der Waals surface area contributed by atoms with Gasteiger partial charge in [0, 0.05) is 31.3 Å². The quantitative estimate of drug-likeness (QED) is 0.0697. The van der Waals surface area contributed by atoms with Crippen LogP contribution in [0.3, 0.4) is 0 Å². The fourth-order valence-corrected chi connectivity index (χ4v) is 7.17. The second kappa shape index (κ2) is 18.3. The molecule has 1 aliphatic carbocycles. The minimum atomic E-state index is -0.472. The third-order valence-corrected chi connectivity index (χ3v) is 9.00. The molecule has 0 aliphatic heterocycles. The van der Waals surface area contributed by atoms with E-state index in [1.54, 1.807) is 6.92 Å². The van der Waals surface area contributed by atoms with Gasteiger partial charge in [-0.05, 0) is 79.1 Å². The molecule has 1 aliphatic rings. The van der Waals surface area contributed by atoms with E-state index in [0.717, 1.165) is 66.8 Å². The predicted octanol–water partition coefficient (Wildman–Crippen LogP) is 6.21. The van der Waals surface area contributed by atoms with Crippen molar-refractivity contribution < 1.29 is 43.8 Å². The number of hydrogen-bond donors (Lipinski definition) is 3. The summed E-state index contributed by atoms with van der Waals surface area (Å²) in [7, 11) is 0. The maximum absolute atomic E-state index is 12.2. The van der Waals surface area contributed by atoms with Gasteiger partial charge in [-0.2, -0.15) is 0 Å². The minimum Gasteiger partial charge on any atom is -0.491 e. The van der Waals surface area contributed by atoms with Crippen molar-refractivity contribution in [3.63, 3.8) is 0 Å². The second-order valence-corrected chi connectivity index (χ2v) is 13.8. The van der Waals surface area contributed by atoms with Crippen molar-refractivity contribution in [1.82, 2.24) is 0 Å². The first kappa shape index (κ1) is 39.4. The lowest BCUT2D eigenvalue weighted by Crippen LogP contribution is -2.15. The van der Waals surface area contributed by atoms with Gasteiger partial charge in [0.1, 0.15) is 56.0 Å². The third kappa shape index (κ3) is 9.99. The van der Waals surface area contributed by atoms with Crippen LogP contribution in [0.15, 0.2) is 60.7 Å². The molecule has 282 valence electrons. The van der Waals surface area contributed by atoms with Crippen molar-refractivity contribution in [2.45, 2.75) is 60.3 Å². The van der Waals surface area contributed by atoms with Crippen molar-refractivity contribution in [2.24, 2.45) is 0 Å². The van der Waals surface area contributed by atoms with E-state index in [2.05, 4.69) is 82.8 Å². The molecule has 9 nitrogen and oxygen atoms in total. The zero-order valence-electron chi connectivity index (χ0n) is 31.6. The highest BCUT2D eigenvalue weighted by Crippen LogP contribution is 2.40. The average Bonchev–Trinajstić information content (AvgIpc) is 3.09. The van der Waals surface area contributed by atoms with Crippen molar-refractivity contribution in [2.75, 3.05) is 52.9 Å². The zero-order valence-corrected chi connectivity index (χ0v) is 31.6. The van der Waals surface area contributed by atoms with E-state index in [4.69, 9.17) is 23.7 Å². The molecule has 0 fully saturated rings. The largest absolute Gasteiger partial charge is 0.491 e. The van der Waals surface area contributed by atoms with Gasteiger partial charge >= 0.3 is 5.97 Å². The number of esters is 1. The van der Waals surface area contributed by atoms with Gasteiger partial charge in [-0.25, -0.2) is 4.79 Å². The van der Waals surface area contributed by atoms with Crippen LogP contribution < -0.4 is 18.9 Å². The summed E-state index contributed by atoms with van der Waals surface area (Å²) in [5.41, 5.74) is 12.0. The first-order chi connectivity index (χ1) is 25.5. The number of hydrogen-bond acceptors (Lipinski definition) is 9. The molecule has 4 aromatic carbocycles. The van der Waals surface area contributed by atoms with Crippen molar-refractivity contribution >= 4 is 5.97 Å². The average molecular weight is 725 g/mol. The Morgan fingerprint density at radius 1 is 0.491 bits per heavy atom. The molecule has 0 amide bonds. The SMILES string of the molecule is C=C(C)C(=O)OCCOc1c2cc(C)cc1Cc1cc(C)cc(c1OCCO)Cc1cc(C)cc(c1OCCO)Cc1cc(C)cc(c1OCCO)C2. The first-order valence-corrected chi connectivity index (χ1v) is 18.2. The molecule has 0 spiro atoms. The molecule has 0 heterocycles. The lowest BCUT2D eigenvalue weighted by atomic mass is 9.88. The lowest BCUT2D eigenvalue weighted by Gasteiger charge is -2.24. The number of carbonyl (C=O) groups is 1. The van der Waals surface area contributed by atoms with E-state index in [1.165, 1.54) is 0 Å². The molecule has 53 heavy (non-hydrogen) atoms. The number of carbonyl (C=O) groups excluding carboxylic acids is 1. The third-order valence-electron chi connectivity index (χ3n) is 9.00. The van der Waals surface area contributed by atoms with Gasteiger partial charge in [0.15, 0.2) is 0 Å². The van der Waals surface area contributed by atoms with Crippen LogP contribution in [0.5, 0.6) is 23.0 Å². The van der Waals surface area contributed by atoms with E-state index < -0.39 is 5.97 Å². The van der Waals surface area contributed by atoms with Gasteiger partial charge < -0.3 is 39.0 Å². The Hall–Kier alpha value is -4.83. The normalized spacial score (nSPS) is 12.2. The Morgan fingerprint density at radius 3 is 0.962 bits per heavy atom. The van der Waals surface area contributed by atoms with Crippen LogP contribution >= 0.6 is 0 Å². The molecule has 0 radical (unpaired) electrons. The van der Waals surface area contributed by atoms with E-state index >= 15 is 0 Å². The van der Waals surface area contributed by atoms with Gasteiger partial charge in [-0.15, -0.1) is 0 Å². The van der Waals surface area contributed by atoms with E-state index in [1.807, 2.05) is 0 Å². The molecular weight excluding hydrogens is 672 g/mol. The molecule has 3 N–H and O–H groups in total.